The number of nitrogens with one attached hydrogen (secondary N) is 4. The molecule has 2 aromatic carbocycles. The molecule has 12 unspecified atom stereocenters. The van der Waals surface area contributed by atoms with Gasteiger partial charge >= 0.3 is 0 Å². The molecule has 12 atom stereocenters. The summed E-state index contributed by atoms with van der Waals surface area (Å²) >= 11 is 0. The van der Waals surface area contributed by atoms with Crippen molar-refractivity contribution in [2.24, 2.45) is 41.4 Å². The zero-order valence-electron chi connectivity index (χ0n) is 65.4. The third-order valence-corrected chi connectivity index (χ3v) is 18.6. The van der Waals surface area contributed by atoms with E-state index >= 15 is 9.59 Å². The zero-order valence-corrected chi connectivity index (χ0v) is 65.4. The monoisotopic (exact) mass is 1430 g/mol. The number of ether oxygens (including phenoxy) is 1. The summed E-state index contributed by atoms with van der Waals surface area (Å²) in [6.45, 7) is 29.3. The molecule has 1 fully saturated rings. The molecule has 1 aliphatic heterocycles. The summed E-state index contributed by atoms with van der Waals surface area (Å²) in [5, 5.41) is 32.8. The minimum absolute atomic E-state index is 0.0229. The van der Waals surface area contributed by atoms with Crippen LogP contribution in [-0.4, -0.2) is 245 Å². The number of carbonyl (C=O) groups excluding carboxylic acids is 12. The molecule has 11 amide bonds. The smallest absolute Gasteiger partial charge is 0.246 e. The molecule has 3 rings (SSSR count). The molecule has 0 spiro atoms. The minimum atomic E-state index is -1.61. The highest BCUT2D eigenvalue weighted by molar-refractivity contribution is 6.10. The minimum Gasteiger partial charge on any atom is -0.507 e. The number of ketones is 1. The van der Waals surface area contributed by atoms with E-state index in [0.29, 0.717) is 17.7 Å². The van der Waals surface area contributed by atoms with Crippen LogP contribution in [0.4, 0.5) is 0 Å². The lowest BCUT2D eigenvalue weighted by Gasteiger charge is -2.41. The first-order valence-electron chi connectivity index (χ1n) is 35.8. The molecular formula is C76H123N11O15. The third kappa shape index (κ3) is 25.2. The maximum atomic E-state index is 15.1. The van der Waals surface area contributed by atoms with E-state index in [-0.39, 0.29) is 72.9 Å². The molecule has 0 saturated carbocycles. The normalized spacial score (nSPS) is 24.1. The Morgan fingerprint density at radius 2 is 0.990 bits per heavy atom. The van der Waals surface area contributed by atoms with Gasteiger partial charge in [0.15, 0.2) is 5.78 Å². The molecule has 0 aromatic heterocycles. The van der Waals surface area contributed by atoms with Crippen LogP contribution in [0.25, 0.3) is 0 Å². The Morgan fingerprint density at radius 1 is 0.529 bits per heavy atom. The van der Waals surface area contributed by atoms with Crippen molar-refractivity contribution in [2.75, 3.05) is 63.0 Å². The quantitative estimate of drug-likeness (QED) is 0.0747. The fourth-order valence-electron chi connectivity index (χ4n) is 12.3. The lowest BCUT2D eigenvalue weighted by molar-refractivity contribution is -0.157. The topological polar surface area (TPSA) is 325 Å². The molecule has 1 saturated heterocycles. The highest BCUT2D eigenvalue weighted by Gasteiger charge is 2.46. The van der Waals surface area contributed by atoms with Crippen LogP contribution in [0.15, 0.2) is 60.7 Å². The number of rotatable bonds is 18. The van der Waals surface area contributed by atoms with E-state index in [1.54, 1.807) is 90.9 Å². The van der Waals surface area contributed by atoms with Gasteiger partial charge in [0.2, 0.25) is 65.0 Å². The second-order valence-electron chi connectivity index (χ2n) is 29.7. The summed E-state index contributed by atoms with van der Waals surface area (Å²) in [5.74, 6) is -9.46. The molecule has 572 valence electrons. The van der Waals surface area contributed by atoms with Gasteiger partial charge in [0.25, 0.3) is 0 Å². The Morgan fingerprint density at radius 3 is 1.46 bits per heavy atom. The first-order valence-corrected chi connectivity index (χ1v) is 35.8. The number of phenols is 1. The van der Waals surface area contributed by atoms with Crippen LogP contribution in [0.3, 0.4) is 0 Å². The summed E-state index contributed by atoms with van der Waals surface area (Å²) in [5.41, 5.74) is 0.824. The Balaban J connectivity index is 0.00000179. The number of phenolic OH excluding ortho intramolecular Hbond substituents is 1. The maximum absolute atomic E-state index is 15.1. The van der Waals surface area contributed by atoms with Gasteiger partial charge < -0.3 is 70.5 Å². The highest BCUT2D eigenvalue weighted by Crippen LogP contribution is 2.28. The van der Waals surface area contributed by atoms with E-state index in [9.17, 15) is 58.2 Å². The molecule has 2 aromatic rings. The number of benzene rings is 2. The van der Waals surface area contributed by atoms with Gasteiger partial charge in [-0.25, -0.2) is 0 Å². The van der Waals surface area contributed by atoms with Gasteiger partial charge in [-0.2, -0.15) is 0 Å². The second kappa shape index (κ2) is 41.6. The van der Waals surface area contributed by atoms with Crippen molar-refractivity contribution in [2.45, 2.75) is 223 Å². The summed E-state index contributed by atoms with van der Waals surface area (Å²) in [6, 6.07) is 1.14. The molecule has 0 radical (unpaired) electrons. The molecule has 102 heavy (non-hydrogen) atoms. The molecule has 26 nitrogen and oxygen atoms in total. The van der Waals surface area contributed by atoms with Gasteiger partial charge in [0.05, 0.1) is 25.3 Å². The predicted molar refractivity (Wildman–Crippen MR) is 393 cm³/mol. The van der Waals surface area contributed by atoms with Gasteiger partial charge in [-0.05, 0) is 113 Å². The van der Waals surface area contributed by atoms with E-state index in [1.165, 1.54) is 101 Å². The zero-order chi connectivity index (χ0) is 78.2. The number of carbonyl (C=O) groups is 12. The lowest BCUT2D eigenvalue weighted by atomic mass is 9.91. The number of hydrogen-bond acceptors (Lipinski definition) is 15. The number of aliphatic hydroxyl groups is 1. The summed E-state index contributed by atoms with van der Waals surface area (Å²) in [4.78, 5) is 181. The second-order valence-corrected chi connectivity index (χ2v) is 29.7. The number of aromatic hydroxyl groups is 1. The highest BCUT2D eigenvalue weighted by atomic mass is 16.5. The standard InChI is InChI=1S/C62H111N11O12.C14H12O3/c1-25-27-28-40(15)52(75)51-56(79)65-43(26-2)58(81)67(18)33-48(74)68(19)44(29-34(3)4)55(78)66-49(38(11)12)61(84)69(20)45(30-35(5)6)54(77)63-41(16)53(76)64-42(17)57(80)70(21)46(31-36(7)8)59(82)71(22)47(32-37(9)10)60(83)72(23)50(39(13)14)62(85)73(51)24;1-17-11-7-8-12(13(15)9-11)14(16)10-5-3-2-4-6-10/h25,27,34-47,49-52,75H,26,28-33H2,1-24H3,(H,63,77)(H,64,76)(H,65,79)(H,66,78);2-9,15H,1H3. The van der Waals surface area contributed by atoms with Gasteiger partial charge in [-0.3, -0.25) is 57.5 Å². The number of likely N-dealkylation sites (N-methyl/N-ethyl adjacent to an activating group) is 7. The average molecular weight is 1430 g/mol. The van der Waals surface area contributed by atoms with Crippen LogP contribution >= 0.6 is 0 Å². The summed E-state index contributed by atoms with van der Waals surface area (Å²) < 4.78 is 4.96. The molecule has 0 aliphatic carbocycles. The SMILES string of the molecule is CC=CCC(C)C(O)C1C(=O)NC(CC)C(=O)N(C)CC(=O)N(C)C(CC(C)C)C(=O)NC(C(C)C)C(=O)N(C)C(CC(C)C)C(=O)NC(C)C(=O)NC(C)C(=O)N(C)C(CC(C)C)C(=O)N(C)C(CC(C)C)C(=O)N(C)C(C(C)C)C(=O)N1C.COc1ccc(C(=O)c2ccccc2)c(O)c1. The van der Waals surface area contributed by atoms with Gasteiger partial charge in [0, 0.05) is 61.0 Å². The fourth-order valence-corrected chi connectivity index (χ4v) is 12.3. The predicted octanol–water partition coefficient (Wildman–Crippen LogP) is 5.90. The summed E-state index contributed by atoms with van der Waals surface area (Å²) in [6.07, 6.45) is 3.04. The van der Waals surface area contributed by atoms with E-state index in [0.717, 1.165) is 9.80 Å². The van der Waals surface area contributed by atoms with Gasteiger partial charge in [-0.15, -0.1) is 0 Å². The van der Waals surface area contributed by atoms with Crippen molar-refractivity contribution in [1.82, 2.24) is 55.6 Å². The maximum Gasteiger partial charge on any atom is 0.246 e. The van der Waals surface area contributed by atoms with Crippen molar-refractivity contribution in [1.29, 1.82) is 0 Å². The van der Waals surface area contributed by atoms with E-state index in [1.807, 2.05) is 67.5 Å². The number of amides is 11. The number of hydrogen-bond donors (Lipinski definition) is 6. The van der Waals surface area contributed by atoms with Crippen molar-refractivity contribution in [3.63, 3.8) is 0 Å². The van der Waals surface area contributed by atoms with E-state index < -0.39 is 156 Å². The third-order valence-electron chi connectivity index (χ3n) is 18.6. The first-order chi connectivity index (χ1) is 47.4. The molecule has 26 heteroatoms. The van der Waals surface area contributed by atoms with Crippen LogP contribution < -0.4 is 26.0 Å². The molecule has 0 bridgehead atoms. The van der Waals surface area contributed by atoms with Gasteiger partial charge in [0.1, 0.15) is 71.9 Å². The Labute approximate surface area is 606 Å². The first kappa shape index (κ1) is 89.7. The number of methoxy groups -OCH3 is 1. The van der Waals surface area contributed by atoms with Crippen LogP contribution in [0.1, 0.15) is 172 Å². The Bertz CT molecular complexity index is 3190. The Hall–Kier alpha value is -8.42. The lowest BCUT2D eigenvalue weighted by Crippen LogP contribution is -2.63. The average Bonchev–Trinajstić information content (AvgIpc) is 0.801. The molecule has 1 aliphatic rings. The van der Waals surface area contributed by atoms with Crippen molar-refractivity contribution in [3.8, 4) is 11.5 Å². The van der Waals surface area contributed by atoms with Crippen LogP contribution in [0.2, 0.25) is 0 Å². The van der Waals surface area contributed by atoms with Crippen molar-refractivity contribution in [3.05, 3.63) is 71.8 Å². The fraction of sp³-hybridized carbons (Fsp3) is 0.658. The largest absolute Gasteiger partial charge is 0.507 e. The van der Waals surface area contributed by atoms with Crippen molar-refractivity contribution < 1.29 is 72.5 Å². The number of aliphatic hydroxyl groups excluding tert-OH is 1. The number of nitrogens with zero attached hydrogens (tertiary/aromatic N) is 7. The molecule has 6 N–H and O–H groups in total. The van der Waals surface area contributed by atoms with Crippen LogP contribution in [-0.2, 0) is 52.7 Å². The molecule has 1 heterocycles. The molecular weight excluding hydrogens is 1310 g/mol. The van der Waals surface area contributed by atoms with E-state index in [2.05, 4.69) is 21.3 Å². The van der Waals surface area contributed by atoms with E-state index in [4.69, 9.17) is 4.74 Å². The van der Waals surface area contributed by atoms with Crippen molar-refractivity contribution >= 4 is 70.8 Å². The van der Waals surface area contributed by atoms with Gasteiger partial charge in [-0.1, -0.05) is 139 Å². The number of allylic oxidation sites excluding steroid dienone is 2. The van der Waals surface area contributed by atoms with Crippen LogP contribution in [0.5, 0.6) is 11.5 Å². The Kier molecular flexibility index (Phi) is 36.6. The van der Waals surface area contributed by atoms with Crippen LogP contribution in [0, 0.1) is 41.4 Å². The summed E-state index contributed by atoms with van der Waals surface area (Å²) in [7, 11) is 11.4.